The third-order valence-corrected chi connectivity index (χ3v) is 6.37. The Labute approximate surface area is 168 Å². The number of anilines is 1. The van der Waals surface area contributed by atoms with Crippen molar-refractivity contribution < 1.29 is 8.42 Å². The molecule has 0 aliphatic carbocycles. The Balaban J connectivity index is 1.83. The summed E-state index contributed by atoms with van der Waals surface area (Å²) in [5.41, 5.74) is 2.92. The van der Waals surface area contributed by atoms with Crippen LogP contribution in [0.1, 0.15) is 17.2 Å². The van der Waals surface area contributed by atoms with Gasteiger partial charge in [-0.25, -0.2) is 13.1 Å². The van der Waals surface area contributed by atoms with Gasteiger partial charge in [-0.05, 0) is 42.8 Å². The number of rotatable bonds is 7. The van der Waals surface area contributed by atoms with Crippen molar-refractivity contribution in [2.45, 2.75) is 17.9 Å². The van der Waals surface area contributed by atoms with E-state index in [1.165, 1.54) is 0 Å². The molecule has 6 heteroatoms. The van der Waals surface area contributed by atoms with Crippen molar-refractivity contribution in [3.8, 4) is 0 Å². The van der Waals surface area contributed by atoms with Gasteiger partial charge in [0.25, 0.3) is 0 Å². The second-order valence-corrected chi connectivity index (χ2v) is 8.87. The molecular weight excluding hydrogens is 424 g/mol. The standard InChI is InChI=1S/C21H21BrN2O2S/c1-16-11-13-18(14-12-16)27(25,26)23-15-21(19-9-5-6-10-20(19)22)24-17-7-3-2-4-8-17/h2-14,21,23-24H,15H2,1H3. The van der Waals surface area contributed by atoms with Gasteiger partial charge in [-0.3, -0.25) is 0 Å². The SMILES string of the molecule is Cc1ccc(S(=O)(=O)NCC(Nc2ccccc2)c2ccccc2Br)cc1. The molecule has 0 saturated carbocycles. The summed E-state index contributed by atoms with van der Waals surface area (Å²) in [6.45, 7) is 2.14. The average Bonchev–Trinajstić information content (AvgIpc) is 2.67. The molecule has 27 heavy (non-hydrogen) atoms. The molecule has 0 aliphatic rings. The van der Waals surface area contributed by atoms with Gasteiger partial charge in [0, 0.05) is 16.7 Å². The Bertz CT molecular complexity index is 990. The molecule has 1 unspecified atom stereocenters. The zero-order valence-corrected chi connectivity index (χ0v) is 17.3. The minimum absolute atomic E-state index is 0.216. The molecular formula is C21H21BrN2O2S. The van der Waals surface area contributed by atoms with Crippen LogP contribution in [0, 0.1) is 6.92 Å². The number of halogens is 1. The zero-order chi connectivity index (χ0) is 19.3. The highest BCUT2D eigenvalue weighted by Crippen LogP contribution is 2.26. The van der Waals surface area contributed by atoms with E-state index in [0.717, 1.165) is 21.3 Å². The van der Waals surface area contributed by atoms with Gasteiger partial charge in [-0.2, -0.15) is 0 Å². The molecule has 0 radical (unpaired) electrons. The lowest BCUT2D eigenvalue weighted by molar-refractivity contribution is 0.576. The molecule has 0 saturated heterocycles. The summed E-state index contributed by atoms with van der Waals surface area (Å²) in [5, 5.41) is 3.41. The van der Waals surface area contributed by atoms with Crippen molar-refractivity contribution in [3.63, 3.8) is 0 Å². The van der Waals surface area contributed by atoms with E-state index >= 15 is 0 Å². The summed E-state index contributed by atoms with van der Waals surface area (Å²) in [6.07, 6.45) is 0. The fraction of sp³-hybridized carbons (Fsp3) is 0.143. The van der Waals surface area contributed by atoms with E-state index in [1.807, 2.05) is 61.5 Å². The van der Waals surface area contributed by atoms with Crippen molar-refractivity contribution in [1.29, 1.82) is 0 Å². The number of nitrogens with one attached hydrogen (secondary N) is 2. The minimum atomic E-state index is -3.59. The van der Waals surface area contributed by atoms with E-state index < -0.39 is 10.0 Å². The molecule has 0 aromatic heterocycles. The number of sulfonamides is 1. The summed E-state index contributed by atoms with van der Waals surface area (Å²) in [5.74, 6) is 0. The van der Waals surface area contributed by atoms with E-state index in [4.69, 9.17) is 0 Å². The summed E-state index contributed by atoms with van der Waals surface area (Å²) in [4.78, 5) is 0.263. The van der Waals surface area contributed by atoms with Gasteiger partial charge in [-0.15, -0.1) is 0 Å². The number of aryl methyl sites for hydroxylation is 1. The van der Waals surface area contributed by atoms with Crippen LogP contribution in [-0.4, -0.2) is 15.0 Å². The molecule has 0 aliphatic heterocycles. The third-order valence-electron chi connectivity index (χ3n) is 4.20. The molecule has 4 nitrogen and oxygen atoms in total. The molecule has 3 aromatic rings. The molecule has 140 valence electrons. The van der Waals surface area contributed by atoms with Crippen LogP contribution >= 0.6 is 15.9 Å². The molecule has 1 atom stereocenters. The molecule has 0 spiro atoms. The van der Waals surface area contributed by atoms with Gasteiger partial charge in [-0.1, -0.05) is 70.0 Å². The normalized spacial score (nSPS) is 12.5. The molecule has 0 bridgehead atoms. The fourth-order valence-electron chi connectivity index (χ4n) is 2.73. The maximum absolute atomic E-state index is 12.7. The Kier molecular flexibility index (Phi) is 6.31. The minimum Gasteiger partial charge on any atom is -0.377 e. The van der Waals surface area contributed by atoms with Crippen LogP contribution in [0.5, 0.6) is 0 Å². The quantitative estimate of drug-likeness (QED) is 0.545. The van der Waals surface area contributed by atoms with Gasteiger partial charge < -0.3 is 5.32 Å². The van der Waals surface area contributed by atoms with Crippen molar-refractivity contribution in [2.24, 2.45) is 0 Å². The van der Waals surface area contributed by atoms with Crippen LogP contribution in [-0.2, 0) is 10.0 Å². The van der Waals surface area contributed by atoms with Crippen LogP contribution in [0.3, 0.4) is 0 Å². The predicted octanol–water partition coefficient (Wildman–Crippen LogP) is 4.89. The van der Waals surface area contributed by atoms with Crippen molar-refractivity contribution in [2.75, 3.05) is 11.9 Å². The monoisotopic (exact) mass is 444 g/mol. The number of para-hydroxylation sites is 1. The van der Waals surface area contributed by atoms with Crippen molar-refractivity contribution in [3.05, 3.63) is 94.5 Å². The first-order valence-corrected chi connectivity index (χ1v) is 10.9. The first kappa shape index (κ1) is 19.6. The fourth-order valence-corrected chi connectivity index (χ4v) is 4.33. The highest BCUT2D eigenvalue weighted by Gasteiger charge is 2.19. The van der Waals surface area contributed by atoms with Crippen LogP contribution < -0.4 is 10.0 Å². The van der Waals surface area contributed by atoms with Crippen LogP contribution in [0.2, 0.25) is 0 Å². The first-order chi connectivity index (χ1) is 13.0. The lowest BCUT2D eigenvalue weighted by Crippen LogP contribution is -2.31. The third kappa shape index (κ3) is 5.19. The Hall–Kier alpha value is -2.15. The van der Waals surface area contributed by atoms with Gasteiger partial charge in [0.15, 0.2) is 0 Å². The maximum atomic E-state index is 12.7. The lowest BCUT2D eigenvalue weighted by atomic mass is 10.1. The number of hydrogen-bond donors (Lipinski definition) is 2. The lowest BCUT2D eigenvalue weighted by Gasteiger charge is -2.22. The smallest absolute Gasteiger partial charge is 0.240 e. The highest BCUT2D eigenvalue weighted by atomic mass is 79.9. The first-order valence-electron chi connectivity index (χ1n) is 8.58. The largest absolute Gasteiger partial charge is 0.377 e. The molecule has 0 amide bonds. The molecule has 3 aromatic carbocycles. The van der Waals surface area contributed by atoms with E-state index in [0.29, 0.717) is 0 Å². The Morgan fingerprint density at radius 3 is 2.19 bits per heavy atom. The van der Waals surface area contributed by atoms with Gasteiger partial charge in [0.2, 0.25) is 10.0 Å². The Morgan fingerprint density at radius 2 is 1.52 bits per heavy atom. The number of benzene rings is 3. The predicted molar refractivity (Wildman–Crippen MR) is 113 cm³/mol. The van der Waals surface area contributed by atoms with E-state index in [-0.39, 0.29) is 17.5 Å². The van der Waals surface area contributed by atoms with Crippen LogP contribution in [0.15, 0.2) is 88.2 Å². The van der Waals surface area contributed by atoms with E-state index in [9.17, 15) is 8.42 Å². The summed E-state index contributed by atoms with van der Waals surface area (Å²) < 4.78 is 29.0. The second-order valence-electron chi connectivity index (χ2n) is 6.25. The topological polar surface area (TPSA) is 58.2 Å². The molecule has 0 fully saturated rings. The van der Waals surface area contributed by atoms with Gasteiger partial charge in [0.05, 0.1) is 10.9 Å². The number of hydrogen-bond acceptors (Lipinski definition) is 3. The van der Waals surface area contributed by atoms with Gasteiger partial charge in [0.1, 0.15) is 0 Å². The summed E-state index contributed by atoms with van der Waals surface area (Å²) in [7, 11) is -3.59. The summed E-state index contributed by atoms with van der Waals surface area (Å²) >= 11 is 3.57. The van der Waals surface area contributed by atoms with E-state index in [2.05, 4.69) is 26.0 Å². The Morgan fingerprint density at radius 1 is 0.889 bits per heavy atom. The van der Waals surface area contributed by atoms with E-state index in [1.54, 1.807) is 24.3 Å². The zero-order valence-electron chi connectivity index (χ0n) is 14.9. The van der Waals surface area contributed by atoms with Crippen LogP contribution in [0.4, 0.5) is 5.69 Å². The summed E-state index contributed by atoms with van der Waals surface area (Å²) in [6, 6.07) is 24.1. The maximum Gasteiger partial charge on any atom is 0.240 e. The van der Waals surface area contributed by atoms with Gasteiger partial charge >= 0.3 is 0 Å². The second kappa shape index (κ2) is 8.69. The van der Waals surface area contributed by atoms with Crippen molar-refractivity contribution in [1.82, 2.24) is 4.72 Å². The average molecular weight is 445 g/mol. The highest BCUT2D eigenvalue weighted by molar-refractivity contribution is 9.10. The molecule has 0 heterocycles. The van der Waals surface area contributed by atoms with Crippen LogP contribution in [0.25, 0.3) is 0 Å². The molecule has 2 N–H and O–H groups in total. The van der Waals surface area contributed by atoms with Crippen molar-refractivity contribution >= 4 is 31.6 Å². The molecule has 3 rings (SSSR count).